The van der Waals surface area contributed by atoms with Crippen LogP contribution in [0.15, 0.2) is 66.9 Å². The van der Waals surface area contributed by atoms with Crippen LogP contribution in [0.2, 0.25) is 0 Å². The van der Waals surface area contributed by atoms with Crippen LogP contribution in [-0.2, 0) is 6.54 Å². The van der Waals surface area contributed by atoms with Gasteiger partial charge in [-0.1, -0.05) is 48.6 Å². The van der Waals surface area contributed by atoms with Crippen molar-refractivity contribution in [2.45, 2.75) is 31.8 Å². The second kappa shape index (κ2) is 9.19. The van der Waals surface area contributed by atoms with Crippen molar-refractivity contribution < 1.29 is 14.7 Å². The van der Waals surface area contributed by atoms with Gasteiger partial charge in [-0.3, -0.25) is 0 Å². The van der Waals surface area contributed by atoms with Crippen molar-refractivity contribution >= 4 is 17.6 Å². The van der Waals surface area contributed by atoms with E-state index in [1.54, 1.807) is 4.90 Å². The van der Waals surface area contributed by atoms with Gasteiger partial charge in [0, 0.05) is 31.9 Å². The smallest absolute Gasteiger partial charge is 0.356 e. The number of carboxylic acids is 1. The molecule has 1 saturated heterocycles. The molecule has 0 spiro atoms. The predicted octanol–water partition coefficient (Wildman–Crippen LogP) is 3.95. The highest BCUT2D eigenvalue weighted by atomic mass is 16.4. The molecule has 5 rings (SSSR count). The number of nitrogens with zero attached hydrogens (tertiary/aromatic N) is 3. The molecule has 7 nitrogen and oxygen atoms in total. The number of carboxylic acid groups (broad SMARTS) is 1. The Morgan fingerprint density at radius 1 is 1.12 bits per heavy atom. The monoisotopic (exact) mass is 444 g/mol. The van der Waals surface area contributed by atoms with E-state index in [9.17, 15) is 9.59 Å². The van der Waals surface area contributed by atoms with Gasteiger partial charge in [0.05, 0.1) is 0 Å². The largest absolute Gasteiger partial charge is 0.476 e. The first-order chi connectivity index (χ1) is 16.1. The van der Waals surface area contributed by atoms with Gasteiger partial charge in [-0.15, -0.1) is 0 Å². The Bertz CT molecular complexity index is 1130. The van der Waals surface area contributed by atoms with Crippen molar-refractivity contribution in [2.75, 3.05) is 13.1 Å². The number of hydrogen-bond acceptors (Lipinski definition) is 4. The first-order valence-electron chi connectivity index (χ1n) is 11.5. The van der Waals surface area contributed by atoms with E-state index in [2.05, 4.69) is 65.1 Å². The van der Waals surface area contributed by atoms with Crippen LogP contribution >= 0.6 is 0 Å². The molecule has 170 valence electrons. The minimum atomic E-state index is -1.13. The summed E-state index contributed by atoms with van der Waals surface area (Å²) in [4.78, 5) is 25.5. The van der Waals surface area contributed by atoms with Crippen LogP contribution in [0.25, 0.3) is 5.57 Å². The summed E-state index contributed by atoms with van der Waals surface area (Å²) in [5.41, 5.74) is 3.67. The molecule has 1 aromatic heterocycles. The van der Waals surface area contributed by atoms with Crippen molar-refractivity contribution in [3.63, 3.8) is 0 Å². The molecule has 2 fully saturated rings. The highest BCUT2D eigenvalue weighted by Gasteiger charge is 2.42. The molecule has 1 unspecified atom stereocenters. The lowest BCUT2D eigenvalue weighted by Gasteiger charge is -2.19. The number of amides is 1. The summed E-state index contributed by atoms with van der Waals surface area (Å²) < 4.78 is 1.14. The summed E-state index contributed by atoms with van der Waals surface area (Å²) >= 11 is 0. The second-order valence-electron chi connectivity index (χ2n) is 9.09. The van der Waals surface area contributed by atoms with Crippen LogP contribution in [0.3, 0.4) is 0 Å². The lowest BCUT2D eigenvalue weighted by Crippen LogP contribution is -2.35. The van der Waals surface area contributed by atoms with E-state index in [1.807, 2.05) is 0 Å². The molecule has 1 amide bonds. The molecule has 3 aliphatic rings. The van der Waals surface area contributed by atoms with E-state index in [4.69, 9.17) is 5.11 Å². The lowest BCUT2D eigenvalue weighted by molar-refractivity contribution is 0.0690. The number of benzene rings is 1. The molecule has 1 saturated carbocycles. The van der Waals surface area contributed by atoms with E-state index < -0.39 is 5.97 Å². The van der Waals surface area contributed by atoms with Crippen LogP contribution in [0.5, 0.6) is 0 Å². The number of carbonyl (C=O) groups is 2. The number of rotatable bonds is 5. The second-order valence-corrected chi connectivity index (χ2v) is 9.09. The number of hydrogen-bond donors (Lipinski definition) is 2. The third-order valence-electron chi connectivity index (χ3n) is 6.88. The Kier molecular flexibility index (Phi) is 5.96. The van der Waals surface area contributed by atoms with E-state index in [0.717, 1.165) is 30.5 Å². The van der Waals surface area contributed by atoms with Crippen molar-refractivity contribution in [3.05, 3.63) is 83.7 Å². The zero-order chi connectivity index (χ0) is 22.8. The molecule has 1 aromatic carbocycles. The van der Waals surface area contributed by atoms with Gasteiger partial charge in [-0.2, -0.15) is 9.78 Å². The van der Waals surface area contributed by atoms with Crippen LogP contribution in [-0.4, -0.2) is 50.9 Å². The number of nitrogens with one attached hydrogen (secondary N) is 1. The average molecular weight is 445 g/mol. The average Bonchev–Trinajstić information content (AvgIpc) is 3.48. The number of allylic oxidation sites excluding steroid dienone is 6. The minimum Gasteiger partial charge on any atom is -0.476 e. The van der Waals surface area contributed by atoms with Gasteiger partial charge >= 0.3 is 12.0 Å². The summed E-state index contributed by atoms with van der Waals surface area (Å²) in [6.07, 6.45) is 15.2. The quantitative estimate of drug-likeness (QED) is 0.729. The Morgan fingerprint density at radius 2 is 1.94 bits per heavy atom. The number of fused-ring (bicyclic) bond motifs is 1. The number of aromatic nitrogens is 2. The number of likely N-dealkylation sites (tertiary alicyclic amines) is 1. The van der Waals surface area contributed by atoms with E-state index in [1.165, 1.54) is 29.0 Å². The van der Waals surface area contributed by atoms with Gasteiger partial charge in [-0.25, -0.2) is 9.59 Å². The predicted molar refractivity (Wildman–Crippen MR) is 126 cm³/mol. The molecule has 7 heteroatoms. The fourth-order valence-electron chi connectivity index (χ4n) is 5.23. The van der Waals surface area contributed by atoms with Crippen LogP contribution < -0.4 is 5.32 Å². The normalized spacial score (nSPS) is 23.9. The van der Waals surface area contributed by atoms with Crippen LogP contribution in [0, 0.1) is 11.8 Å². The maximum absolute atomic E-state index is 12.7. The van der Waals surface area contributed by atoms with Crippen molar-refractivity contribution in [1.82, 2.24) is 20.0 Å². The standard InChI is InChI=1S/C26H28N4O3/c31-25(32)24-10-11-30(28-24)26(33)29-16-21-13-23(14-22(21)17-29)27-15-18-6-5-9-20(12-18)19-7-3-1-2-4-8-19/h1-3,5-12,21-23,27H,4,13-17H2,(H,31,32)/t21-,22+,23?. The van der Waals surface area contributed by atoms with E-state index >= 15 is 0 Å². The molecule has 2 aliphatic carbocycles. The molecule has 33 heavy (non-hydrogen) atoms. The van der Waals surface area contributed by atoms with E-state index in [-0.39, 0.29) is 11.7 Å². The summed E-state index contributed by atoms with van der Waals surface area (Å²) in [5, 5.41) is 16.6. The fourth-order valence-corrected chi connectivity index (χ4v) is 5.23. The van der Waals surface area contributed by atoms with Gasteiger partial charge in [-0.05, 0) is 59.9 Å². The lowest BCUT2D eigenvalue weighted by atomic mass is 10.0. The zero-order valence-electron chi connectivity index (χ0n) is 18.4. The number of aromatic carboxylic acids is 1. The molecule has 2 aromatic rings. The van der Waals surface area contributed by atoms with Crippen molar-refractivity contribution in [3.8, 4) is 0 Å². The molecule has 2 N–H and O–H groups in total. The molecular formula is C26H28N4O3. The van der Waals surface area contributed by atoms with Gasteiger partial charge in [0.15, 0.2) is 5.69 Å². The third-order valence-corrected chi connectivity index (χ3v) is 6.88. The molecule has 2 heterocycles. The maximum atomic E-state index is 12.7. The topological polar surface area (TPSA) is 87.5 Å². The Hall–Kier alpha value is -3.45. The summed E-state index contributed by atoms with van der Waals surface area (Å²) in [6.45, 7) is 2.24. The molecule has 1 aliphatic heterocycles. The molecule has 3 atom stereocenters. The third kappa shape index (κ3) is 4.68. The summed E-state index contributed by atoms with van der Waals surface area (Å²) in [5.74, 6) is -0.180. The highest BCUT2D eigenvalue weighted by Crippen LogP contribution is 2.38. The first-order valence-corrected chi connectivity index (χ1v) is 11.5. The number of carbonyl (C=O) groups excluding carboxylic acids is 1. The highest BCUT2D eigenvalue weighted by molar-refractivity contribution is 5.86. The SMILES string of the molecule is O=C(O)c1ccn(C(=O)N2C[C@H]3CC(NCc4cccc(C5=CCC=CC=C5)c4)C[C@H]3C2)n1. The van der Waals surface area contributed by atoms with E-state index in [0.29, 0.717) is 31.0 Å². The van der Waals surface area contributed by atoms with Gasteiger partial charge in [0.2, 0.25) is 0 Å². The maximum Gasteiger partial charge on any atom is 0.356 e. The Balaban J connectivity index is 1.14. The van der Waals surface area contributed by atoms with Gasteiger partial charge < -0.3 is 15.3 Å². The minimum absolute atomic E-state index is 0.112. The summed E-state index contributed by atoms with van der Waals surface area (Å²) in [7, 11) is 0. The first kappa shape index (κ1) is 21.4. The molecule has 0 radical (unpaired) electrons. The van der Waals surface area contributed by atoms with Crippen molar-refractivity contribution in [1.29, 1.82) is 0 Å². The molecular weight excluding hydrogens is 416 g/mol. The van der Waals surface area contributed by atoms with Crippen LogP contribution in [0.4, 0.5) is 4.79 Å². The Morgan fingerprint density at radius 3 is 2.70 bits per heavy atom. The van der Waals surface area contributed by atoms with Gasteiger partial charge in [0.25, 0.3) is 0 Å². The molecule has 0 bridgehead atoms. The Labute approximate surface area is 193 Å². The zero-order valence-corrected chi connectivity index (χ0v) is 18.4. The van der Waals surface area contributed by atoms with Gasteiger partial charge in [0.1, 0.15) is 0 Å². The fraction of sp³-hybridized carbons (Fsp3) is 0.346. The summed E-state index contributed by atoms with van der Waals surface area (Å²) in [6, 6.07) is 10.3. The van der Waals surface area contributed by atoms with Crippen molar-refractivity contribution in [2.24, 2.45) is 11.8 Å². The van der Waals surface area contributed by atoms with Crippen LogP contribution in [0.1, 0.15) is 40.9 Å².